The van der Waals surface area contributed by atoms with E-state index in [2.05, 4.69) is 21.1 Å². The Morgan fingerprint density at radius 2 is 2.47 bits per heavy atom. The Bertz CT molecular complexity index is 416. The topological polar surface area (TPSA) is 46.9 Å². The number of carbonyl (C=O) groups is 1. The monoisotopic (exact) mass is 253 g/mol. The molecule has 1 aromatic rings. The minimum atomic E-state index is 0.0286. The Morgan fingerprint density at radius 1 is 1.71 bits per heavy atom. The van der Waals surface area contributed by atoms with Gasteiger partial charge in [-0.25, -0.2) is 4.98 Å². The second kappa shape index (κ2) is 5.12. The van der Waals surface area contributed by atoms with E-state index in [-0.39, 0.29) is 17.2 Å². The molecule has 1 aliphatic heterocycles. The fourth-order valence-electron chi connectivity index (χ4n) is 2.13. The van der Waals surface area contributed by atoms with Crippen molar-refractivity contribution in [2.45, 2.75) is 44.5 Å². The van der Waals surface area contributed by atoms with Gasteiger partial charge in [-0.2, -0.15) is 11.8 Å². The standard InChI is InChI=1S/C12H19N3OS/c1-8-6-15-7-10(4-5-11(15)13-8)14-12(16)9(2)17-3/h6,9-10H,4-5,7H2,1-3H3,(H,14,16)/t9-,10-/m0/s1. The number of carbonyl (C=O) groups excluding carboxylic acids is 1. The van der Waals surface area contributed by atoms with E-state index in [4.69, 9.17) is 0 Å². The smallest absolute Gasteiger partial charge is 0.233 e. The number of imidazole rings is 1. The number of fused-ring (bicyclic) bond motifs is 1. The predicted molar refractivity (Wildman–Crippen MR) is 70.2 cm³/mol. The number of nitrogens with one attached hydrogen (secondary N) is 1. The molecule has 2 rings (SSSR count). The first-order valence-corrected chi connectivity index (χ1v) is 7.24. The van der Waals surface area contributed by atoms with Crippen LogP contribution in [0.1, 0.15) is 24.9 Å². The maximum atomic E-state index is 11.8. The Morgan fingerprint density at radius 3 is 3.18 bits per heavy atom. The molecule has 0 aromatic carbocycles. The molecule has 0 saturated carbocycles. The van der Waals surface area contributed by atoms with E-state index in [0.29, 0.717) is 0 Å². The summed E-state index contributed by atoms with van der Waals surface area (Å²) in [6.07, 6.45) is 5.96. The Labute approximate surface area is 106 Å². The molecule has 2 atom stereocenters. The van der Waals surface area contributed by atoms with Crippen molar-refractivity contribution in [3.8, 4) is 0 Å². The average Bonchev–Trinajstić information content (AvgIpc) is 2.67. The van der Waals surface area contributed by atoms with Gasteiger partial charge in [-0.15, -0.1) is 0 Å². The Hall–Kier alpha value is -0.970. The Balaban J connectivity index is 1.96. The number of rotatable bonds is 3. The van der Waals surface area contributed by atoms with Gasteiger partial charge in [0.15, 0.2) is 0 Å². The van der Waals surface area contributed by atoms with Crippen molar-refractivity contribution in [2.75, 3.05) is 6.26 Å². The lowest BCUT2D eigenvalue weighted by atomic mass is 10.1. The minimum absolute atomic E-state index is 0.0286. The third kappa shape index (κ3) is 2.83. The highest BCUT2D eigenvalue weighted by Crippen LogP contribution is 2.15. The van der Waals surface area contributed by atoms with Crippen molar-refractivity contribution in [3.05, 3.63) is 17.7 Å². The largest absolute Gasteiger partial charge is 0.351 e. The van der Waals surface area contributed by atoms with Crippen LogP contribution in [0.2, 0.25) is 0 Å². The summed E-state index contributed by atoms with van der Waals surface area (Å²) >= 11 is 1.58. The molecule has 5 heteroatoms. The van der Waals surface area contributed by atoms with Crippen LogP contribution >= 0.6 is 11.8 Å². The van der Waals surface area contributed by atoms with E-state index in [0.717, 1.165) is 30.9 Å². The molecular formula is C12H19N3OS. The maximum absolute atomic E-state index is 11.8. The molecule has 0 radical (unpaired) electrons. The summed E-state index contributed by atoms with van der Waals surface area (Å²) < 4.78 is 2.16. The van der Waals surface area contributed by atoms with Crippen LogP contribution in [0, 0.1) is 6.92 Å². The van der Waals surface area contributed by atoms with E-state index in [1.165, 1.54) is 0 Å². The van der Waals surface area contributed by atoms with Gasteiger partial charge in [0.05, 0.1) is 10.9 Å². The first kappa shape index (κ1) is 12.5. The average molecular weight is 253 g/mol. The van der Waals surface area contributed by atoms with Gasteiger partial charge in [-0.3, -0.25) is 4.79 Å². The first-order valence-electron chi connectivity index (χ1n) is 5.96. The van der Waals surface area contributed by atoms with Crippen LogP contribution in [0.25, 0.3) is 0 Å². The second-order valence-corrected chi connectivity index (χ2v) is 5.75. The molecule has 0 fully saturated rings. The highest BCUT2D eigenvalue weighted by Gasteiger charge is 2.22. The zero-order valence-corrected chi connectivity index (χ0v) is 11.4. The van der Waals surface area contributed by atoms with Crippen LogP contribution in [-0.4, -0.2) is 33.0 Å². The van der Waals surface area contributed by atoms with E-state index in [1.54, 1.807) is 11.8 Å². The van der Waals surface area contributed by atoms with Gasteiger partial charge in [0.1, 0.15) is 5.82 Å². The molecule has 0 bridgehead atoms. The highest BCUT2D eigenvalue weighted by molar-refractivity contribution is 7.99. The van der Waals surface area contributed by atoms with Crippen LogP contribution in [0.3, 0.4) is 0 Å². The SMILES string of the molecule is CS[C@@H](C)C(=O)N[C@H]1CCc2nc(C)cn2C1. The summed E-state index contributed by atoms with van der Waals surface area (Å²) in [5.41, 5.74) is 1.06. The lowest BCUT2D eigenvalue weighted by Gasteiger charge is -2.25. The fraction of sp³-hybridized carbons (Fsp3) is 0.667. The molecule has 0 spiro atoms. The third-order valence-electron chi connectivity index (χ3n) is 3.18. The molecule has 0 saturated heterocycles. The molecule has 4 nitrogen and oxygen atoms in total. The summed E-state index contributed by atoms with van der Waals surface area (Å²) in [6, 6.07) is 0.248. The molecule has 1 aliphatic rings. The molecule has 94 valence electrons. The van der Waals surface area contributed by atoms with E-state index < -0.39 is 0 Å². The van der Waals surface area contributed by atoms with Gasteiger partial charge in [-0.1, -0.05) is 0 Å². The number of aromatic nitrogens is 2. The number of nitrogens with zero attached hydrogens (tertiary/aromatic N) is 2. The van der Waals surface area contributed by atoms with E-state index >= 15 is 0 Å². The molecule has 17 heavy (non-hydrogen) atoms. The highest BCUT2D eigenvalue weighted by atomic mass is 32.2. The summed E-state index contributed by atoms with van der Waals surface area (Å²) in [4.78, 5) is 16.3. The van der Waals surface area contributed by atoms with Crippen molar-refractivity contribution in [1.29, 1.82) is 0 Å². The van der Waals surface area contributed by atoms with Crippen molar-refractivity contribution in [3.63, 3.8) is 0 Å². The maximum Gasteiger partial charge on any atom is 0.233 e. The van der Waals surface area contributed by atoms with Gasteiger partial charge in [0.2, 0.25) is 5.91 Å². The van der Waals surface area contributed by atoms with Gasteiger partial charge in [0, 0.05) is 25.2 Å². The predicted octanol–water partition coefficient (Wildman–Crippen LogP) is 1.37. The zero-order chi connectivity index (χ0) is 12.4. The van der Waals surface area contributed by atoms with Crippen molar-refractivity contribution >= 4 is 17.7 Å². The lowest BCUT2D eigenvalue weighted by Crippen LogP contribution is -2.43. The summed E-state index contributed by atoms with van der Waals surface area (Å²) in [6.45, 7) is 4.80. The fourth-order valence-corrected chi connectivity index (χ4v) is 2.41. The molecule has 1 aromatic heterocycles. The summed E-state index contributed by atoms with van der Waals surface area (Å²) in [7, 11) is 0. The molecule has 1 N–H and O–H groups in total. The number of thioether (sulfide) groups is 1. The summed E-state index contributed by atoms with van der Waals surface area (Å²) in [5.74, 6) is 1.29. The lowest BCUT2D eigenvalue weighted by molar-refractivity contribution is -0.121. The quantitative estimate of drug-likeness (QED) is 0.885. The van der Waals surface area contributed by atoms with Crippen molar-refractivity contribution in [1.82, 2.24) is 14.9 Å². The number of aryl methyl sites for hydroxylation is 2. The van der Waals surface area contributed by atoms with Crippen LogP contribution in [0.15, 0.2) is 6.20 Å². The molecule has 2 heterocycles. The molecule has 0 unspecified atom stereocenters. The number of amides is 1. The van der Waals surface area contributed by atoms with E-state index in [9.17, 15) is 4.79 Å². The van der Waals surface area contributed by atoms with Gasteiger partial charge in [-0.05, 0) is 26.5 Å². The van der Waals surface area contributed by atoms with Crippen LogP contribution in [-0.2, 0) is 17.8 Å². The first-order chi connectivity index (χ1) is 8.10. The third-order valence-corrected chi connectivity index (χ3v) is 4.10. The van der Waals surface area contributed by atoms with Crippen molar-refractivity contribution < 1.29 is 4.79 Å². The summed E-state index contributed by atoms with van der Waals surface area (Å²) in [5, 5.41) is 3.14. The molecule has 1 amide bonds. The number of hydrogen-bond acceptors (Lipinski definition) is 3. The van der Waals surface area contributed by atoms with Crippen LogP contribution in [0.4, 0.5) is 0 Å². The van der Waals surface area contributed by atoms with Gasteiger partial charge >= 0.3 is 0 Å². The normalized spacial score (nSPS) is 20.8. The number of hydrogen-bond donors (Lipinski definition) is 1. The van der Waals surface area contributed by atoms with Crippen molar-refractivity contribution in [2.24, 2.45) is 0 Å². The second-order valence-electron chi connectivity index (χ2n) is 4.57. The van der Waals surface area contributed by atoms with Gasteiger partial charge in [0.25, 0.3) is 0 Å². The van der Waals surface area contributed by atoms with Crippen LogP contribution < -0.4 is 5.32 Å². The van der Waals surface area contributed by atoms with Crippen LogP contribution in [0.5, 0.6) is 0 Å². The molecular weight excluding hydrogens is 234 g/mol. The Kier molecular flexibility index (Phi) is 3.76. The molecule has 0 aliphatic carbocycles. The van der Waals surface area contributed by atoms with E-state index in [1.807, 2.05) is 20.1 Å². The van der Waals surface area contributed by atoms with Gasteiger partial charge < -0.3 is 9.88 Å². The zero-order valence-electron chi connectivity index (χ0n) is 10.6. The minimum Gasteiger partial charge on any atom is -0.351 e.